The fourth-order valence-corrected chi connectivity index (χ4v) is 2.71. The van der Waals surface area contributed by atoms with Gasteiger partial charge in [0.1, 0.15) is 6.33 Å². The fourth-order valence-electron chi connectivity index (χ4n) is 1.70. The van der Waals surface area contributed by atoms with Crippen LogP contribution < -0.4 is 5.32 Å². The van der Waals surface area contributed by atoms with Gasteiger partial charge >= 0.3 is 0 Å². The summed E-state index contributed by atoms with van der Waals surface area (Å²) in [6.07, 6.45) is 1.43. The molecule has 1 aromatic carbocycles. The molecule has 94 valence electrons. The summed E-state index contributed by atoms with van der Waals surface area (Å²) in [5.74, 6) is 0.226. The van der Waals surface area contributed by atoms with Gasteiger partial charge in [0.25, 0.3) is 5.91 Å². The maximum absolute atomic E-state index is 12.1. The highest BCUT2D eigenvalue weighted by Crippen LogP contribution is 2.25. The van der Waals surface area contributed by atoms with Crippen molar-refractivity contribution in [3.8, 4) is 0 Å². The van der Waals surface area contributed by atoms with Gasteiger partial charge in [0.05, 0.1) is 20.8 Å². The third kappa shape index (κ3) is 2.30. The monoisotopic (exact) mass is 289 g/mol. The molecule has 0 aliphatic heterocycles. The summed E-state index contributed by atoms with van der Waals surface area (Å²) >= 11 is 7.47. The molecule has 4 nitrogen and oxygen atoms in total. The van der Waals surface area contributed by atoms with E-state index in [-0.39, 0.29) is 5.91 Å². The highest BCUT2D eigenvalue weighted by molar-refractivity contribution is 7.17. The summed E-state index contributed by atoms with van der Waals surface area (Å²) in [6.45, 7) is 0. The molecule has 19 heavy (non-hydrogen) atoms. The lowest BCUT2D eigenvalue weighted by molar-refractivity contribution is 0.102. The lowest BCUT2D eigenvalue weighted by Gasteiger charge is -2.06. The second-order valence-electron chi connectivity index (χ2n) is 3.79. The quantitative estimate of drug-likeness (QED) is 0.784. The van der Waals surface area contributed by atoms with Crippen molar-refractivity contribution in [3.05, 3.63) is 52.6 Å². The molecule has 0 saturated heterocycles. The normalized spacial score (nSPS) is 10.6. The molecule has 6 heteroatoms. The second kappa shape index (κ2) is 4.95. The Morgan fingerprint density at radius 2 is 2.05 bits per heavy atom. The molecule has 0 spiro atoms. The summed E-state index contributed by atoms with van der Waals surface area (Å²) in [5.41, 5.74) is 1.24. The van der Waals surface area contributed by atoms with Gasteiger partial charge in [-0.05, 0) is 23.6 Å². The smallest absolute Gasteiger partial charge is 0.258 e. The topological polar surface area (TPSA) is 54.9 Å². The van der Waals surface area contributed by atoms with Crippen molar-refractivity contribution in [2.75, 3.05) is 5.32 Å². The number of rotatable bonds is 2. The van der Waals surface area contributed by atoms with Gasteiger partial charge in [0, 0.05) is 0 Å². The Morgan fingerprint density at radius 3 is 2.89 bits per heavy atom. The lowest BCUT2D eigenvalue weighted by Crippen LogP contribution is -2.13. The molecule has 0 atom stereocenters. The number of nitrogens with one attached hydrogen (secondary N) is 1. The van der Waals surface area contributed by atoms with Gasteiger partial charge in [0.2, 0.25) is 0 Å². The minimum Gasteiger partial charge on any atom is -0.305 e. The van der Waals surface area contributed by atoms with Gasteiger partial charge in [-0.1, -0.05) is 23.7 Å². The number of amides is 1. The lowest BCUT2D eigenvalue weighted by atomic mass is 10.2. The Kier molecular flexibility index (Phi) is 3.15. The Morgan fingerprint density at radius 1 is 1.21 bits per heavy atom. The van der Waals surface area contributed by atoms with Crippen molar-refractivity contribution >= 4 is 44.9 Å². The minimum absolute atomic E-state index is 0.279. The number of thiophene rings is 1. The van der Waals surface area contributed by atoms with E-state index in [0.29, 0.717) is 16.4 Å². The Hall–Kier alpha value is -1.98. The van der Waals surface area contributed by atoms with Crippen molar-refractivity contribution in [2.45, 2.75) is 0 Å². The van der Waals surface area contributed by atoms with Crippen LogP contribution in [0.1, 0.15) is 10.4 Å². The Balaban J connectivity index is 1.95. The molecule has 2 aromatic heterocycles. The molecule has 0 aliphatic carbocycles. The zero-order chi connectivity index (χ0) is 13.2. The third-order valence-corrected chi connectivity index (χ3v) is 3.83. The van der Waals surface area contributed by atoms with E-state index in [2.05, 4.69) is 15.3 Å². The van der Waals surface area contributed by atoms with Crippen LogP contribution in [0.3, 0.4) is 0 Å². The van der Waals surface area contributed by atoms with Gasteiger partial charge in [-0.3, -0.25) is 4.79 Å². The van der Waals surface area contributed by atoms with Crippen LogP contribution in [0.5, 0.6) is 0 Å². The van der Waals surface area contributed by atoms with E-state index in [1.807, 2.05) is 11.4 Å². The first kappa shape index (κ1) is 12.1. The van der Waals surface area contributed by atoms with E-state index in [4.69, 9.17) is 11.6 Å². The molecule has 0 saturated carbocycles. The molecule has 0 aliphatic rings. The predicted molar refractivity (Wildman–Crippen MR) is 76.8 cm³/mol. The van der Waals surface area contributed by atoms with E-state index in [1.54, 1.807) is 24.3 Å². The molecular formula is C13H8ClN3OS. The van der Waals surface area contributed by atoms with Crippen LogP contribution in [0.15, 0.2) is 42.0 Å². The van der Waals surface area contributed by atoms with Crippen molar-refractivity contribution in [1.29, 1.82) is 0 Å². The Labute approximate surface area is 118 Å². The molecular weight excluding hydrogens is 282 g/mol. The summed E-state index contributed by atoms with van der Waals surface area (Å²) in [5, 5.41) is 5.08. The number of hydrogen-bond donors (Lipinski definition) is 1. The van der Waals surface area contributed by atoms with Gasteiger partial charge in [-0.25, -0.2) is 9.97 Å². The number of aromatic nitrogens is 2. The van der Waals surface area contributed by atoms with Crippen molar-refractivity contribution in [2.24, 2.45) is 0 Å². The van der Waals surface area contributed by atoms with Crippen molar-refractivity contribution in [1.82, 2.24) is 9.97 Å². The van der Waals surface area contributed by atoms with Crippen molar-refractivity contribution in [3.63, 3.8) is 0 Å². The van der Waals surface area contributed by atoms with Gasteiger partial charge in [-0.2, -0.15) is 0 Å². The highest BCUT2D eigenvalue weighted by atomic mass is 35.5. The number of carbonyl (C=O) groups excluding carboxylic acids is 1. The molecule has 3 aromatic rings. The van der Waals surface area contributed by atoms with E-state index >= 15 is 0 Å². The second-order valence-corrected chi connectivity index (χ2v) is 5.11. The first-order chi connectivity index (χ1) is 9.25. The molecule has 0 unspecified atom stereocenters. The van der Waals surface area contributed by atoms with Crippen LogP contribution in [0, 0.1) is 0 Å². The van der Waals surface area contributed by atoms with Crippen molar-refractivity contribution < 1.29 is 4.79 Å². The van der Waals surface area contributed by atoms with E-state index in [9.17, 15) is 4.79 Å². The zero-order valence-electron chi connectivity index (χ0n) is 9.63. The van der Waals surface area contributed by atoms with E-state index in [0.717, 1.165) is 10.2 Å². The van der Waals surface area contributed by atoms with Gasteiger partial charge in [0.15, 0.2) is 5.82 Å². The van der Waals surface area contributed by atoms with Crippen LogP contribution in [-0.4, -0.2) is 15.9 Å². The van der Waals surface area contributed by atoms with E-state index in [1.165, 1.54) is 17.7 Å². The molecule has 3 rings (SSSR count). The summed E-state index contributed by atoms with van der Waals surface area (Å²) in [7, 11) is 0. The molecule has 0 radical (unpaired) electrons. The standard InChI is InChI=1S/C13H8ClN3OS/c14-9-4-2-1-3-8(9)13(18)17-12-11-10(5-6-19-11)15-7-16-12/h1-7H,(H,15,16,17,18). The number of nitrogens with zero attached hydrogens (tertiary/aromatic N) is 2. The number of benzene rings is 1. The number of fused-ring (bicyclic) bond motifs is 1. The number of carbonyl (C=O) groups is 1. The molecule has 0 fully saturated rings. The third-order valence-electron chi connectivity index (χ3n) is 2.59. The largest absolute Gasteiger partial charge is 0.305 e. The molecule has 0 bridgehead atoms. The summed E-state index contributed by atoms with van der Waals surface area (Å²) in [4.78, 5) is 20.4. The average molecular weight is 290 g/mol. The minimum atomic E-state index is -0.279. The zero-order valence-corrected chi connectivity index (χ0v) is 11.2. The summed E-state index contributed by atoms with van der Waals surface area (Å²) < 4.78 is 0.850. The van der Waals surface area contributed by atoms with Crippen LogP contribution >= 0.6 is 22.9 Å². The van der Waals surface area contributed by atoms with E-state index < -0.39 is 0 Å². The van der Waals surface area contributed by atoms with Crippen LogP contribution in [0.25, 0.3) is 10.2 Å². The number of halogens is 1. The highest BCUT2D eigenvalue weighted by Gasteiger charge is 2.12. The first-order valence-corrected chi connectivity index (χ1v) is 6.75. The Bertz CT molecular complexity index is 756. The van der Waals surface area contributed by atoms with Gasteiger partial charge in [-0.15, -0.1) is 11.3 Å². The van der Waals surface area contributed by atoms with Crippen LogP contribution in [0.2, 0.25) is 5.02 Å². The summed E-state index contributed by atoms with van der Waals surface area (Å²) in [6, 6.07) is 8.78. The average Bonchev–Trinajstić information content (AvgIpc) is 2.88. The predicted octanol–water partition coefficient (Wildman–Crippen LogP) is 3.60. The van der Waals surface area contributed by atoms with Crippen LogP contribution in [-0.2, 0) is 0 Å². The number of hydrogen-bond acceptors (Lipinski definition) is 4. The SMILES string of the molecule is O=C(Nc1ncnc2ccsc12)c1ccccc1Cl. The maximum Gasteiger partial charge on any atom is 0.258 e. The van der Waals surface area contributed by atoms with Gasteiger partial charge < -0.3 is 5.32 Å². The molecule has 1 N–H and O–H groups in total. The number of anilines is 1. The van der Waals surface area contributed by atoms with Crippen LogP contribution in [0.4, 0.5) is 5.82 Å². The first-order valence-electron chi connectivity index (χ1n) is 5.50. The maximum atomic E-state index is 12.1. The molecule has 2 heterocycles. The molecule has 1 amide bonds. The fraction of sp³-hybridized carbons (Fsp3) is 0.